The third-order valence-electron chi connectivity index (χ3n) is 2.46. The number of aliphatic hydroxyl groups is 1. The first-order valence-electron chi connectivity index (χ1n) is 5.60. The Morgan fingerprint density at radius 2 is 1.80 bits per heavy atom. The molecule has 2 N–H and O–H groups in total. The SMILES string of the molecule is O=S(=O)(Nc1c(Br)cccc1Br)c1ccc(CCO)s1. The summed E-state index contributed by atoms with van der Waals surface area (Å²) in [5, 5.41) is 8.87. The average Bonchev–Trinajstić information content (AvgIpc) is 2.84. The predicted molar refractivity (Wildman–Crippen MR) is 87.8 cm³/mol. The highest BCUT2D eigenvalue weighted by Crippen LogP contribution is 2.33. The molecule has 1 heterocycles. The number of nitrogens with one attached hydrogen (secondary N) is 1. The number of rotatable bonds is 5. The number of para-hydroxylation sites is 1. The molecular weight excluding hydrogens is 430 g/mol. The van der Waals surface area contributed by atoms with Crippen molar-refractivity contribution in [3.8, 4) is 0 Å². The third-order valence-corrected chi connectivity index (χ3v) is 6.77. The van der Waals surface area contributed by atoms with Crippen LogP contribution in [0.1, 0.15) is 4.88 Å². The molecule has 0 fully saturated rings. The van der Waals surface area contributed by atoms with Crippen molar-refractivity contribution >= 4 is 58.9 Å². The quantitative estimate of drug-likeness (QED) is 0.746. The molecule has 0 aliphatic carbocycles. The van der Waals surface area contributed by atoms with Crippen molar-refractivity contribution in [3.05, 3.63) is 44.2 Å². The van der Waals surface area contributed by atoms with Gasteiger partial charge in [-0.05, 0) is 56.1 Å². The van der Waals surface area contributed by atoms with E-state index in [1.165, 1.54) is 0 Å². The molecule has 1 aromatic carbocycles. The molecule has 0 radical (unpaired) electrons. The maximum Gasteiger partial charge on any atom is 0.271 e. The van der Waals surface area contributed by atoms with E-state index in [1.54, 1.807) is 30.3 Å². The Hall–Kier alpha value is -0.410. The Bertz CT molecular complexity index is 693. The van der Waals surface area contributed by atoms with E-state index in [9.17, 15) is 8.42 Å². The number of benzene rings is 1. The maximum atomic E-state index is 12.3. The Labute approximate surface area is 138 Å². The molecule has 0 unspecified atom stereocenters. The van der Waals surface area contributed by atoms with Gasteiger partial charge < -0.3 is 5.11 Å². The van der Waals surface area contributed by atoms with E-state index in [2.05, 4.69) is 36.6 Å². The first-order valence-corrected chi connectivity index (χ1v) is 9.49. The molecule has 0 bridgehead atoms. The second-order valence-electron chi connectivity index (χ2n) is 3.90. The van der Waals surface area contributed by atoms with E-state index < -0.39 is 10.0 Å². The first kappa shape index (κ1) is 16.0. The van der Waals surface area contributed by atoms with Crippen LogP contribution in [-0.4, -0.2) is 20.1 Å². The van der Waals surface area contributed by atoms with Crippen LogP contribution in [0.3, 0.4) is 0 Å². The number of anilines is 1. The zero-order valence-corrected chi connectivity index (χ0v) is 14.9. The fraction of sp³-hybridized carbons (Fsp3) is 0.167. The van der Waals surface area contributed by atoms with E-state index in [0.717, 1.165) is 16.2 Å². The normalized spacial score (nSPS) is 11.6. The van der Waals surface area contributed by atoms with Crippen LogP contribution < -0.4 is 4.72 Å². The minimum absolute atomic E-state index is 0.00319. The zero-order valence-electron chi connectivity index (χ0n) is 10.1. The molecule has 1 aromatic heterocycles. The van der Waals surface area contributed by atoms with Gasteiger partial charge in [0.2, 0.25) is 0 Å². The summed E-state index contributed by atoms with van der Waals surface area (Å²) in [6, 6.07) is 8.58. The number of thiophene rings is 1. The summed E-state index contributed by atoms with van der Waals surface area (Å²) in [4.78, 5) is 0.832. The van der Waals surface area contributed by atoms with Gasteiger partial charge in [-0.15, -0.1) is 11.3 Å². The van der Waals surface area contributed by atoms with Gasteiger partial charge in [0, 0.05) is 26.9 Å². The van der Waals surface area contributed by atoms with Crippen molar-refractivity contribution in [2.24, 2.45) is 0 Å². The Kier molecular flexibility index (Phi) is 5.25. The lowest BCUT2D eigenvalue weighted by Crippen LogP contribution is -2.12. The molecule has 0 spiro atoms. The number of halogens is 2. The summed E-state index contributed by atoms with van der Waals surface area (Å²) in [5.41, 5.74) is 0.463. The summed E-state index contributed by atoms with van der Waals surface area (Å²) in [6.45, 7) is 0.00319. The van der Waals surface area contributed by atoms with E-state index in [1.807, 2.05) is 0 Å². The van der Waals surface area contributed by atoms with E-state index in [0.29, 0.717) is 21.1 Å². The van der Waals surface area contributed by atoms with Crippen molar-refractivity contribution < 1.29 is 13.5 Å². The molecule has 0 atom stereocenters. The minimum atomic E-state index is -3.63. The zero-order chi connectivity index (χ0) is 14.8. The number of aliphatic hydroxyl groups excluding tert-OH is 1. The highest BCUT2D eigenvalue weighted by atomic mass is 79.9. The van der Waals surface area contributed by atoms with Gasteiger partial charge in [-0.3, -0.25) is 4.72 Å². The van der Waals surface area contributed by atoms with Crippen LogP contribution in [0.5, 0.6) is 0 Å². The van der Waals surface area contributed by atoms with Crippen LogP contribution in [-0.2, 0) is 16.4 Å². The lowest BCUT2D eigenvalue weighted by molar-refractivity contribution is 0.300. The van der Waals surface area contributed by atoms with Gasteiger partial charge in [-0.25, -0.2) is 8.42 Å². The second-order valence-corrected chi connectivity index (χ2v) is 8.68. The monoisotopic (exact) mass is 439 g/mol. The van der Waals surface area contributed by atoms with Gasteiger partial charge in [0.25, 0.3) is 10.0 Å². The van der Waals surface area contributed by atoms with E-state index in [-0.39, 0.29) is 10.8 Å². The highest BCUT2D eigenvalue weighted by Gasteiger charge is 2.19. The van der Waals surface area contributed by atoms with Gasteiger partial charge in [0.15, 0.2) is 0 Å². The molecular formula is C12H11Br2NO3S2. The standard InChI is InChI=1S/C12H11Br2NO3S2/c13-9-2-1-3-10(14)12(9)15-20(17,18)11-5-4-8(19-11)6-7-16/h1-5,15-16H,6-7H2. The molecule has 0 saturated carbocycles. The van der Waals surface area contributed by atoms with Gasteiger partial charge in [-0.1, -0.05) is 6.07 Å². The number of hydrogen-bond donors (Lipinski definition) is 2. The van der Waals surface area contributed by atoms with Crippen molar-refractivity contribution in [1.29, 1.82) is 0 Å². The van der Waals surface area contributed by atoms with Crippen molar-refractivity contribution in [2.75, 3.05) is 11.3 Å². The van der Waals surface area contributed by atoms with Crippen molar-refractivity contribution in [1.82, 2.24) is 0 Å². The summed E-state index contributed by atoms with van der Waals surface area (Å²) in [6.07, 6.45) is 0.457. The maximum absolute atomic E-state index is 12.3. The van der Waals surface area contributed by atoms with Crippen LogP contribution in [0.25, 0.3) is 0 Å². The fourth-order valence-electron chi connectivity index (χ4n) is 1.53. The minimum Gasteiger partial charge on any atom is -0.396 e. The first-order chi connectivity index (χ1) is 9.44. The highest BCUT2D eigenvalue weighted by molar-refractivity contribution is 9.11. The summed E-state index contributed by atoms with van der Waals surface area (Å²) < 4.78 is 28.7. The summed E-state index contributed by atoms with van der Waals surface area (Å²) in [5.74, 6) is 0. The van der Waals surface area contributed by atoms with Crippen molar-refractivity contribution in [2.45, 2.75) is 10.6 Å². The van der Waals surface area contributed by atoms with E-state index in [4.69, 9.17) is 5.11 Å². The molecule has 0 aliphatic rings. The number of hydrogen-bond acceptors (Lipinski definition) is 4. The Morgan fingerprint density at radius 3 is 2.40 bits per heavy atom. The van der Waals surface area contributed by atoms with Crippen LogP contribution >= 0.6 is 43.2 Å². The molecule has 108 valence electrons. The van der Waals surface area contributed by atoms with Gasteiger partial charge in [0.05, 0.1) is 5.69 Å². The van der Waals surface area contributed by atoms with Gasteiger partial charge >= 0.3 is 0 Å². The summed E-state index contributed by atoms with van der Waals surface area (Å²) >= 11 is 7.79. The second kappa shape index (κ2) is 6.57. The van der Waals surface area contributed by atoms with Gasteiger partial charge in [0.1, 0.15) is 4.21 Å². The molecule has 2 aromatic rings. The molecule has 0 aliphatic heterocycles. The van der Waals surface area contributed by atoms with E-state index >= 15 is 0 Å². The molecule has 4 nitrogen and oxygen atoms in total. The largest absolute Gasteiger partial charge is 0.396 e. The lowest BCUT2D eigenvalue weighted by atomic mass is 10.3. The van der Waals surface area contributed by atoms with Crippen LogP contribution in [0, 0.1) is 0 Å². The molecule has 20 heavy (non-hydrogen) atoms. The Morgan fingerprint density at radius 1 is 1.15 bits per heavy atom. The van der Waals surface area contributed by atoms with Crippen molar-refractivity contribution in [3.63, 3.8) is 0 Å². The number of sulfonamides is 1. The molecule has 2 rings (SSSR count). The average molecular weight is 441 g/mol. The fourth-order valence-corrected chi connectivity index (χ4v) is 5.43. The molecule has 8 heteroatoms. The molecule has 0 amide bonds. The Balaban J connectivity index is 2.31. The van der Waals surface area contributed by atoms with Crippen LogP contribution in [0.15, 0.2) is 43.5 Å². The smallest absolute Gasteiger partial charge is 0.271 e. The molecule has 0 saturated heterocycles. The predicted octanol–water partition coefficient (Wildman–Crippen LogP) is 3.61. The topological polar surface area (TPSA) is 66.4 Å². The lowest BCUT2D eigenvalue weighted by Gasteiger charge is -2.10. The van der Waals surface area contributed by atoms with Gasteiger partial charge in [-0.2, -0.15) is 0 Å². The summed E-state index contributed by atoms with van der Waals surface area (Å²) in [7, 11) is -3.63. The third kappa shape index (κ3) is 3.62. The van der Waals surface area contributed by atoms with Crippen LogP contribution in [0.4, 0.5) is 5.69 Å². The van der Waals surface area contributed by atoms with Crippen LogP contribution in [0.2, 0.25) is 0 Å².